The number of nitriles is 1. The van der Waals surface area contributed by atoms with Crippen LogP contribution in [0.5, 0.6) is 0 Å². The van der Waals surface area contributed by atoms with Crippen LogP contribution in [0.25, 0.3) is 0 Å². The third-order valence-corrected chi connectivity index (χ3v) is 3.53. The molecule has 0 amide bonds. The molecule has 0 saturated carbocycles. The van der Waals surface area contributed by atoms with Gasteiger partial charge in [0.05, 0.1) is 11.6 Å². The van der Waals surface area contributed by atoms with Crippen molar-refractivity contribution in [3.05, 3.63) is 59.4 Å². The lowest BCUT2D eigenvalue weighted by Crippen LogP contribution is -2.21. The fourth-order valence-electron chi connectivity index (χ4n) is 2.58. The predicted octanol–water partition coefficient (Wildman–Crippen LogP) is 3.32. The van der Waals surface area contributed by atoms with Gasteiger partial charge in [0.2, 0.25) is 0 Å². The van der Waals surface area contributed by atoms with Gasteiger partial charge >= 0.3 is 0 Å². The molecule has 104 valence electrons. The minimum absolute atomic E-state index is 0.377. The van der Waals surface area contributed by atoms with Crippen molar-refractivity contribution in [2.24, 2.45) is 5.92 Å². The molecule has 1 atom stereocenters. The van der Waals surface area contributed by atoms with E-state index in [1.54, 1.807) is 0 Å². The first-order chi connectivity index (χ1) is 9.63. The lowest BCUT2D eigenvalue weighted by Gasteiger charge is -2.18. The highest BCUT2D eigenvalue weighted by Crippen LogP contribution is 2.21. The van der Waals surface area contributed by atoms with E-state index >= 15 is 0 Å². The van der Waals surface area contributed by atoms with Gasteiger partial charge < -0.3 is 9.88 Å². The van der Waals surface area contributed by atoms with E-state index in [1.807, 2.05) is 25.2 Å². The van der Waals surface area contributed by atoms with Gasteiger partial charge in [0, 0.05) is 25.0 Å². The van der Waals surface area contributed by atoms with E-state index in [2.05, 4.69) is 54.3 Å². The Bertz CT molecular complexity index is 605. The molecule has 0 fully saturated rings. The molecule has 2 aromatic rings. The van der Waals surface area contributed by atoms with Crippen LogP contribution in [0.3, 0.4) is 0 Å². The number of nitrogens with zero attached hydrogens (tertiary/aromatic N) is 2. The number of benzene rings is 1. The van der Waals surface area contributed by atoms with E-state index in [1.165, 1.54) is 5.56 Å². The molecule has 0 bridgehead atoms. The van der Waals surface area contributed by atoms with Crippen LogP contribution < -0.4 is 5.32 Å². The SMILES string of the molecule is CNC(c1ccn(Cc2cccc(C#N)c2)c1)C(C)C. The van der Waals surface area contributed by atoms with E-state index in [9.17, 15) is 0 Å². The third kappa shape index (κ3) is 3.28. The maximum Gasteiger partial charge on any atom is 0.0991 e. The summed E-state index contributed by atoms with van der Waals surface area (Å²) >= 11 is 0. The zero-order chi connectivity index (χ0) is 14.5. The highest BCUT2D eigenvalue weighted by Gasteiger charge is 2.14. The first-order valence-electron chi connectivity index (χ1n) is 6.96. The molecule has 3 nitrogen and oxygen atoms in total. The molecule has 1 heterocycles. The van der Waals surface area contributed by atoms with E-state index in [-0.39, 0.29) is 0 Å². The monoisotopic (exact) mass is 267 g/mol. The molecule has 1 N–H and O–H groups in total. The van der Waals surface area contributed by atoms with Crippen LogP contribution in [0.1, 0.15) is 36.6 Å². The molecule has 20 heavy (non-hydrogen) atoms. The molecule has 0 saturated heterocycles. The highest BCUT2D eigenvalue weighted by atomic mass is 15.0. The van der Waals surface area contributed by atoms with E-state index in [0.29, 0.717) is 17.5 Å². The molecule has 0 aliphatic carbocycles. The number of hydrogen-bond acceptors (Lipinski definition) is 2. The summed E-state index contributed by atoms with van der Waals surface area (Å²) in [5.41, 5.74) is 3.17. The molecule has 1 aromatic heterocycles. The molecular formula is C17H21N3. The van der Waals surface area contributed by atoms with Gasteiger partial charge in [0.1, 0.15) is 0 Å². The Morgan fingerprint density at radius 2 is 2.10 bits per heavy atom. The van der Waals surface area contributed by atoms with Gasteiger partial charge in [-0.1, -0.05) is 26.0 Å². The molecule has 2 rings (SSSR count). The highest BCUT2D eigenvalue weighted by molar-refractivity contribution is 5.33. The lowest BCUT2D eigenvalue weighted by molar-refractivity contribution is 0.443. The zero-order valence-electron chi connectivity index (χ0n) is 12.3. The standard InChI is InChI=1S/C17H21N3/c1-13(2)17(19-3)16-7-8-20(12-16)11-15-6-4-5-14(9-15)10-18/h4-9,12-13,17,19H,11H2,1-3H3. The molecule has 1 unspecified atom stereocenters. The molecule has 0 aliphatic heterocycles. The second-order valence-corrected chi connectivity index (χ2v) is 5.44. The first-order valence-corrected chi connectivity index (χ1v) is 6.96. The maximum absolute atomic E-state index is 8.93. The predicted molar refractivity (Wildman–Crippen MR) is 81.3 cm³/mol. The summed E-state index contributed by atoms with van der Waals surface area (Å²) in [7, 11) is 2.00. The Morgan fingerprint density at radius 3 is 2.75 bits per heavy atom. The fraction of sp³-hybridized carbons (Fsp3) is 0.353. The van der Waals surface area contributed by atoms with Gasteiger partial charge in [0.25, 0.3) is 0 Å². The Hall–Kier alpha value is -2.05. The van der Waals surface area contributed by atoms with E-state index in [0.717, 1.165) is 12.1 Å². The molecule has 1 aromatic carbocycles. The average Bonchev–Trinajstić information content (AvgIpc) is 2.87. The third-order valence-electron chi connectivity index (χ3n) is 3.53. The summed E-state index contributed by atoms with van der Waals surface area (Å²) in [6, 6.07) is 12.5. The van der Waals surface area contributed by atoms with Gasteiger partial charge in [-0.15, -0.1) is 0 Å². The number of nitrogens with one attached hydrogen (secondary N) is 1. The van der Waals surface area contributed by atoms with Crippen molar-refractivity contribution in [2.45, 2.75) is 26.4 Å². The van der Waals surface area contributed by atoms with Crippen LogP contribution in [0.15, 0.2) is 42.7 Å². The van der Waals surface area contributed by atoms with Crippen molar-refractivity contribution < 1.29 is 0 Å². The Balaban J connectivity index is 2.15. The lowest BCUT2D eigenvalue weighted by atomic mass is 9.99. The topological polar surface area (TPSA) is 40.8 Å². The molecule has 0 aliphatic rings. The van der Waals surface area contributed by atoms with Crippen LogP contribution in [0.2, 0.25) is 0 Å². The number of hydrogen-bond donors (Lipinski definition) is 1. The van der Waals surface area contributed by atoms with E-state index in [4.69, 9.17) is 5.26 Å². The molecule has 0 radical (unpaired) electrons. The summed E-state index contributed by atoms with van der Waals surface area (Å²) in [6.07, 6.45) is 4.28. The van der Waals surface area contributed by atoms with Crippen molar-refractivity contribution in [3.8, 4) is 6.07 Å². The summed E-state index contributed by atoms with van der Waals surface area (Å²) < 4.78 is 2.17. The van der Waals surface area contributed by atoms with Gasteiger partial charge in [-0.3, -0.25) is 0 Å². The summed E-state index contributed by atoms with van der Waals surface area (Å²) in [5.74, 6) is 0.553. The number of aromatic nitrogens is 1. The fourth-order valence-corrected chi connectivity index (χ4v) is 2.58. The number of rotatable bonds is 5. The zero-order valence-corrected chi connectivity index (χ0v) is 12.3. The smallest absolute Gasteiger partial charge is 0.0991 e. The van der Waals surface area contributed by atoms with Gasteiger partial charge in [-0.25, -0.2) is 0 Å². The van der Waals surface area contributed by atoms with Crippen LogP contribution in [-0.2, 0) is 6.54 Å². The largest absolute Gasteiger partial charge is 0.350 e. The van der Waals surface area contributed by atoms with Crippen molar-refractivity contribution in [1.82, 2.24) is 9.88 Å². The quantitative estimate of drug-likeness (QED) is 0.902. The summed E-state index contributed by atoms with van der Waals surface area (Å²) in [4.78, 5) is 0. The first kappa shape index (κ1) is 14.4. The average molecular weight is 267 g/mol. The Morgan fingerprint density at radius 1 is 1.30 bits per heavy atom. The molecule has 0 spiro atoms. The van der Waals surface area contributed by atoms with Crippen LogP contribution in [0, 0.1) is 17.2 Å². The molecular weight excluding hydrogens is 246 g/mol. The van der Waals surface area contributed by atoms with Crippen molar-refractivity contribution >= 4 is 0 Å². The summed E-state index contributed by atoms with van der Waals surface area (Å²) in [6.45, 7) is 5.23. The second kappa shape index (κ2) is 6.40. The maximum atomic E-state index is 8.93. The minimum atomic E-state index is 0.377. The van der Waals surface area contributed by atoms with E-state index < -0.39 is 0 Å². The summed E-state index contributed by atoms with van der Waals surface area (Å²) in [5, 5.41) is 12.3. The van der Waals surface area contributed by atoms with Crippen LogP contribution >= 0.6 is 0 Å². The second-order valence-electron chi connectivity index (χ2n) is 5.44. The Labute approximate surface area is 120 Å². The minimum Gasteiger partial charge on any atom is -0.350 e. The Kier molecular flexibility index (Phi) is 4.60. The van der Waals surface area contributed by atoms with Crippen molar-refractivity contribution in [2.75, 3.05) is 7.05 Å². The van der Waals surface area contributed by atoms with Crippen LogP contribution in [0.4, 0.5) is 0 Å². The normalized spacial score (nSPS) is 12.3. The van der Waals surface area contributed by atoms with Crippen LogP contribution in [-0.4, -0.2) is 11.6 Å². The van der Waals surface area contributed by atoms with Gasteiger partial charge in [0.15, 0.2) is 0 Å². The van der Waals surface area contributed by atoms with Gasteiger partial charge in [-0.2, -0.15) is 5.26 Å². The van der Waals surface area contributed by atoms with Crippen molar-refractivity contribution in [3.63, 3.8) is 0 Å². The molecule has 3 heteroatoms. The van der Waals surface area contributed by atoms with Crippen molar-refractivity contribution in [1.29, 1.82) is 5.26 Å². The van der Waals surface area contributed by atoms with Gasteiger partial charge in [-0.05, 0) is 42.3 Å².